The van der Waals surface area contributed by atoms with Crippen molar-refractivity contribution in [2.75, 3.05) is 6.54 Å². The minimum absolute atomic E-state index is 0.220. The lowest BCUT2D eigenvalue weighted by Crippen LogP contribution is -2.15. The monoisotopic (exact) mass is 251 g/mol. The van der Waals surface area contributed by atoms with Crippen molar-refractivity contribution in [1.29, 1.82) is 0 Å². The number of allylic oxidation sites excluding steroid dienone is 1. The Morgan fingerprint density at radius 1 is 1.06 bits per heavy atom. The summed E-state index contributed by atoms with van der Waals surface area (Å²) in [6.07, 6.45) is -2.20. The van der Waals surface area contributed by atoms with Crippen LogP contribution in [0.2, 0.25) is 0 Å². The van der Waals surface area contributed by atoms with E-state index in [1.165, 1.54) is 0 Å². The van der Waals surface area contributed by atoms with Gasteiger partial charge in [-0.05, 0) is 30.4 Å². The molecule has 94 valence electrons. The van der Waals surface area contributed by atoms with Crippen molar-refractivity contribution in [2.45, 2.75) is 25.4 Å². The average Bonchev–Trinajstić information content (AvgIpc) is 2.66. The zero-order chi connectivity index (χ0) is 12.8. The Bertz CT molecular complexity index is 552. The van der Waals surface area contributed by atoms with Gasteiger partial charge in [-0.1, -0.05) is 24.3 Å². The van der Waals surface area contributed by atoms with Crippen LogP contribution in [0.15, 0.2) is 40.4 Å². The predicted octanol–water partition coefficient (Wildman–Crippen LogP) is 3.68. The summed E-state index contributed by atoms with van der Waals surface area (Å²) >= 11 is 0. The molecule has 0 spiro atoms. The molecule has 0 aromatic heterocycles. The molecular weight excluding hydrogens is 239 g/mol. The number of fused-ring (bicyclic) bond motifs is 3. The molecule has 1 nitrogen and oxygen atoms in total. The molecule has 0 fully saturated rings. The Balaban J connectivity index is 2.14. The van der Waals surface area contributed by atoms with E-state index >= 15 is 0 Å². The summed E-state index contributed by atoms with van der Waals surface area (Å²) in [6, 6.07) is 7.63. The largest absolute Gasteiger partial charge is 0.414 e. The molecule has 4 heteroatoms. The van der Waals surface area contributed by atoms with E-state index in [1.54, 1.807) is 0 Å². The first-order valence-electron chi connectivity index (χ1n) is 5.99. The van der Waals surface area contributed by atoms with Crippen LogP contribution in [-0.2, 0) is 6.42 Å². The number of aryl methyl sites for hydroxylation is 1. The van der Waals surface area contributed by atoms with Crippen LogP contribution in [0.3, 0.4) is 0 Å². The lowest BCUT2D eigenvalue weighted by atomic mass is 9.97. The Hall–Kier alpha value is -1.58. The third-order valence-corrected chi connectivity index (χ3v) is 3.53. The molecule has 0 saturated heterocycles. The van der Waals surface area contributed by atoms with Gasteiger partial charge in [-0.3, -0.25) is 4.99 Å². The Kier molecular flexibility index (Phi) is 2.54. The highest BCUT2D eigenvalue weighted by Gasteiger charge is 2.40. The summed E-state index contributed by atoms with van der Waals surface area (Å²) in [6.45, 7) is -0.220. The number of benzene rings is 1. The summed E-state index contributed by atoms with van der Waals surface area (Å²) in [5.41, 5.74) is 2.51. The summed E-state index contributed by atoms with van der Waals surface area (Å²) in [4.78, 5) is 4.13. The Morgan fingerprint density at radius 3 is 2.61 bits per heavy atom. The highest BCUT2D eigenvalue weighted by molar-refractivity contribution is 6.15. The third kappa shape index (κ3) is 1.76. The van der Waals surface area contributed by atoms with Gasteiger partial charge in [0, 0.05) is 5.56 Å². The van der Waals surface area contributed by atoms with Crippen LogP contribution in [0.5, 0.6) is 0 Å². The minimum Gasteiger partial charge on any atom is -0.280 e. The zero-order valence-electron chi connectivity index (χ0n) is 9.72. The standard InChI is InChI=1S/C14H12F3N/c15-14(16,17)12-8-18-13-10-6-2-1-4-9(10)5-3-7-11(12)13/h1-2,4,6H,3,5,7-8H2. The molecule has 0 bridgehead atoms. The lowest BCUT2D eigenvalue weighted by Gasteiger charge is -2.10. The van der Waals surface area contributed by atoms with Crippen molar-refractivity contribution in [2.24, 2.45) is 4.99 Å². The SMILES string of the molecule is FC(F)(F)C1=C2CCCc3ccccc3C2=NC1. The minimum atomic E-state index is -4.25. The van der Waals surface area contributed by atoms with Crippen LogP contribution in [-0.4, -0.2) is 18.4 Å². The normalized spacial score (nSPS) is 19.2. The van der Waals surface area contributed by atoms with Crippen LogP contribution < -0.4 is 0 Å². The number of hydrogen-bond acceptors (Lipinski definition) is 1. The maximum Gasteiger partial charge on any atom is 0.414 e. The first-order valence-corrected chi connectivity index (χ1v) is 5.99. The fourth-order valence-electron chi connectivity index (χ4n) is 2.69. The van der Waals surface area contributed by atoms with Gasteiger partial charge in [0.25, 0.3) is 0 Å². The number of hydrogen-bond donors (Lipinski definition) is 0. The van der Waals surface area contributed by atoms with E-state index in [9.17, 15) is 13.2 Å². The van der Waals surface area contributed by atoms with Crippen molar-refractivity contribution in [3.8, 4) is 0 Å². The molecule has 1 heterocycles. The highest BCUT2D eigenvalue weighted by atomic mass is 19.4. The fourth-order valence-corrected chi connectivity index (χ4v) is 2.69. The lowest BCUT2D eigenvalue weighted by molar-refractivity contribution is -0.0923. The number of rotatable bonds is 0. The molecule has 1 aliphatic carbocycles. The summed E-state index contributed by atoms with van der Waals surface area (Å²) in [5.74, 6) is 0. The van der Waals surface area contributed by atoms with Crippen LogP contribution >= 0.6 is 0 Å². The molecule has 1 aromatic rings. The van der Waals surface area contributed by atoms with E-state index in [0.29, 0.717) is 17.7 Å². The average molecular weight is 251 g/mol. The van der Waals surface area contributed by atoms with Crippen LogP contribution in [0.4, 0.5) is 13.2 Å². The molecule has 0 atom stereocenters. The summed E-state index contributed by atoms with van der Waals surface area (Å²) in [7, 11) is 0. The molecule has 1 aliphatic heterocycles. The number of alkyl halides is 3. The van der Waals surface area contributed by atoms with Gasteiger partial charge in [-0.25, -0.2) is 0 Å². The van der Waals surface area contributed by atoms with Crippen molar-refractivity contribution in [1.82, 2.24) is 0 Å². The van der Waals surface area contributed by atoms with Gasteiger partial charge >= 0.3 is 6.18 Å². The van der Waals surface area contributed by atoms with E-state index in [4.69, 9.17) is 0 Å². The molecular formula is C14H12F3N. The maximum absolute atomic E-state index is 12.9. The fraction of sp³-hybridized carbons (Fsp3) is 0.357. The second kappa shape index (κ2) is 3.97. The maximum atomic E-state index is 12.9. The molecule has 3 rings (SSSR count). The molecule has 0 radical (unpaired) electrons. The molecule has 0 amide bonds. The molecule has 2 aliphatic rings. The van der Waals surface area contributed by atoms with E-state index in [2.05, 4.69) is 4.99 Å². The van der Waals surface area contributed by atoms with E-state index in [0.717, 1.165) is 24.0 Å². The van der Waals surface area contributed by atoms with Crippen LogP contribution in [0.1, 0.15) is 24.0 Å². The quantitative estimate of drug-likeness (QED) is 0.667. The Morgan fingerprint density at radius 2 is 1.83 bits per heavy atom. The van der Waals surface area contributed by atoms with Gasteiger partial charge in [0.2, 0.25) is 0 Å². The molecule has 0 N–H and O–H groups in total. The van der Waals surface area contributed by atoms with Crippen molar-refractivity contribution in [3.63, 3.8) is 0 Å². The Labute approximate surface area is 103 Å². The highest BCUT2D eigenvalue weighted by Crippen LogP contribution is 2.37. The zero-order valence-corrected chi connectivity index (χ0v) is 9.72. The third-order valence-electron chi connectivity index (χ3n) is 3.53. The van der Waals surface area contributed by atoms with Gasteiger partial charge in [0.1, 0.15) is 0 Å². The first kappa shape index (κ1) is 11.5. The van der Waals surface area contributed by atoms with Gasteiger partial charge in [0.15, 0.2) is 0 Å². The van der Waals surface area contributed by atoms with Crippen molar-refractivity contribution < 1.29 is 13.2 Å². The first-order chi connectivity index (χ1) is 8.57. The van der Waals surface area contributed by atoms with Crippen LogP contribution in [0.25, 0.3) is 0 Å². The summed E-state index contributed by atoms with van der Waals surface area (Å²) < 4.78 is 38.7. The van der Waals surface area contributed by atoms with Gasteiger partial charge < -0.3 is 0 Å². The second-order valence-electron chi connectivity index (χ2n) is 4.63. The smallest absolute Gasteiger partial charge is 0.280 e. The van der Waals surface area contributed by atoms with Gasteiger partial charge in [-0.2, -0.15) is 13.2 Å². The second-order valence-corrected chi connectivity index (χ2v) is 4.63. The van der Waals surface area contributed by atoms with Gasteiger partial charge in [-0.15, -0.1) is 0 Å². The van der Waals surface area contributed by atoms with E-state index < -0.39 is 11.7 Å². The summed E-state index contributed by atoms with van der Waals surface area (Å²) in [5, 5.41) is 0. The molecule has 1 aromatic carbocycles. The van der Waals surface area contributed by atoms with E-state index in [-0.39, 0.29) is 6.54 Å². The number of aliphatic imine (C=N–C) groups is 1. The van der Waals surface area contributed by atoms with Gasteiger partial charge in [0.05, 0.1) is 17.8 Å². The van der Waals surface area contributed by atoms with E-state index in [1.807, 2.05) is 24.3 Å². The topological polar surface area (TPSA) is 12.4 Å². The predicted molar refractivity (Wildman–Crippen MR) is 63.9 cm³/mol. The number of halogens is 3. The van der Waals surface area contributed by atoms with Crippen molar-refractivity contribution >= 4 is 5.71 Å². The molecule has 0 saturated carbocycles. The van der Waals surface area contributed by atoms with Crippen molar-refractivity contribution in [3.05, 3.63) is 46.5 Å². The van der Waals surface area contributed by atoms with Crippen LogP contribution in [0, 0.1) is 0 Å². The molecule has 0 unspecified atom stereocenters. The molecule has 18 heavy (non-hydrogen) atoms. The number of nitrogens with zero attached hydrogens (tertiary/aromatic N) is 1.